The molecular formula is C35H45N7O3S4. The number of nitrogens with two attached hydrogens (primary N) is 3. The molecule has 2 aromatic carbocycles. The summed E-state index contributed by atoms with van der Waals surface area (Å²) in [7, 11) is 1.00. The largest absolute Gasteiger partial charge is 0.400 e. The van der Waals surface area contributed by atoms with E-state index in [4.69, 9.17) is 32.6 Å². The van der Waals surface area contributed by atoms with Gasteiger partial charge in [0, 0.05) is 18.6 Å². The van der Waals surface area contributed by atoms with E-state index in [2.05, 4.69) is 80.6 Å². The number of hydrogen-bond acceptors (Lipinski definition) is 12. The van der Waals surface area contributed by atoms with E-state index < -0.39 is 18.0 Å². The van der Waals surface area contributed by atoms with Crippen molar-refractivity contribution in [2.45, 2.75) is 89.1 Å². The summed E-state index contributed by atoms with van der Waals surface area (Å²) in [5.41, 5.74) is 23.4. The van der Waals surface area contributed by atoms with Crippen LogP contribution in [-0.2, 0) is 33.3 Å². The second-order valence-electron chi connectivity index (χ2n) is 13.4. The molecular weight excluding hydrogens is 695 g/mol. The number of amides is 2. The van der Waals surface area contributed by atoms with E-state index in [1.165, 1.54) is 64.0 Å². The summed E-state index contributed by atoms with van der Waals surface area (Å²) in [5, 5.41) is 18.2. The first kappa shape index (κ1) is 38.7. The number of thioether (sulfide) groups is 1. The van der Waals surface area contributed by atoms with Crippen molar-refractivity contribution < 1.29 is 14.7 Å². The van der Waals surface area contributed by atoms with Crippen LogP contribution in [0.4, 0.5) is 0 Å². The molecule has 0 bridgehead atoms. The number of carbonyl (C=O) groups is 2. The fourth-order valence-electron chi connectivity index (χ4n) is 6.28. The normalized spacial score (nSPS) is 18.9. The lowest BCUT2D eigenvalue weighted by atomic mass is 9.73. The molecule has 2 aromatic heterocycles. The second kappa shape index (κ2) is 16.3. The van der Waals surface area contributed by atoms with E-state index in [0.717, 1.165) is 45.7 Å². The molecule has 1 aliphatic heterocycles. The molecule has 14 heteroatoms. The molecule has 2 atom stereocenters. The van der Waals surface area contributed by atoms with Crippen molar-refractivity contribution in [3.63, 3.8) is 0 Å². The highest BCUT2D eigenvalue weighted by Crippen LogP contribution is 2.41. The van der Waals surface area contributed by atoms with E-state index in [9.17, 15) is 9.59 Å². The Kier molecular flexibility index (Phi) is 12.9. The summed E-state index contributed by atoms with van der Waals surface area (Å²) in [6, 6.07) is 10.1. The molecule has 7 N–H and O–H groups in total. The Morgan fingerprint density at radius 1 is 0.959 bits per heavy atom. The standard InChI is InChI=1S/C17H19N3OS2.C14H14N2S.C3H8N2OS.CH4O/c1-17(2)5-3-4-9-6-13-11(7-10(9)17)19-16(23-13)15-20-12(8-22-15)14(18)21;1-14(2)5-3-4-9-6-12-11(7-10(9)14)16-13(8-15)17-12;4-2(1-7)3(5)6;1-2/h6-7,12H,3-5,8H2,1-2H3,(H2,18,21);6-7H,3-5H2,1-2H3;2,7H,1,4H2,(H2,5,6);2H,1H3/t12-;;2-;/m1.1./s1. The number of fused-ring (bicyclic) bond motifs is 4. The van der Waals surface area contributed by atoms with Gasteiger partial charge in [0.15, 0.2) is 5.01 Å². The number of carbonyl (C=O) groups excluding carboxylic acids is 2. The summed E-state index contributed by atoms with van der Waals surface area (Å²) in [4.78, 5) is 34.8. The van der Waals surface area contributed by atoms with Crippen LogP contribution in [0.15, 0.2) is 29.3 Å². The highest BCUT2D eigenvalue weighted by Gasteiger charge is 2.30. The van der Waals surface area contributed by atoms with Gasteiger partial charge in [-0.15, -0.1) is 34.4 Å². The van der Waals surface area contributed by atoms with Gasteiger partial charge in [-0.1, -0.05) is 27.7 Å². The van der Waals surface area contributed by atoms with Crippen molar-refractivity contribution in [2.75, 3.05) is 18.6 Å². The first-order valence-electron chi connectivity index (χ1n) is 16.1. The minimum absolute atomic E-state index is 0.224. The summed E-state index contributed by atoms with van der Waals surface area (Å²) in [6.45, 7) is 9.24. The van der Waals surface area contributed by atoms with Gasteiger partial charge in [0.25, 0.3) is 0 Å². The first-order chi connectivity index (χ1) is 23.2. The van der Waals surface area contributed by atoms with E-state index in [0.29, 0.717) is 16.5 Å². The Morgan fingerprint density at radius 2 is 1.49 bits per heavy atom. The Labute approximate surface area is 305 Å². The molecule has 262 valence electrons. The van der Waals surface area contributed by atoms with Gasteiger partial charge in [0.05, 0.1) is 26.5 Å². The maximum atomic E-state index is 11.3. The molecule has 0 spiro atoms. The maximum Gasteiger partial charge on any atom is 0.243 e. The number of nitrogens with zero attached hydrogens (tertiary/aromatic N) is 4. The number of hydrogen-bond donors (Lipinski definition) is 5. The van der Waals surface area contributed by atoms with E-state index in [1.807, 2.05) is 0 Å². The molecule has 2 aliphatic carbocycles. The van der Waals surface area contributed by atoms with Gasteiger partial charge in [-0.05, 0) is 95.9 Å². The average Bonchev–Trinajstić information content (AvgIpc) is 3.82. The van der Waals surface area contributed by atoms with E-state index in [-0.39, 0.29) is 16.7 Å². The predicted molar refractivity (Wildman–Crippen MR) is 207 cm³/mol. The first-order valence-corrected chi connectivity index (χ1v) is 19.4. The number of aliphatic hydroxyl groups is 1. The van der Waals surface area contributed by atoms with Crippen LogP contribution < -0.4 is 17.2 Å². The summed E-state index contributed by atoms with van der Waals surface area (Å²) in [5.74, 6) is 0.0836. The Bertz CT molecular complexity index is 1910. The van der Waals surface area contributed by atoms with Crippen LogP contribution in [0.2, 0.25) is 0 Å². The van der Waals surface area contributed by atoms with Crippen molar-refractivity contribution in [3.8, 4) is 6.07 Å². The quantitative estimate of drug-likeness (QED) is 0.172. The van der Waals surface area contributed by atoms with Gasteiger partial charge in [0.1, 0.15) is 22.2 Å². The zero-order valence-corrected chi connectivity index (χ0v) is 31.9. The van der Waals surface area contributed by atoms with Crippen LogP contribution in [0, 0.1) is 11.3 Å². The Morgan fingerprint density at radius 3 is 1.94 bits per heavy atom. The molecule has 0 radical (unpaired) electrons. The molecule has 10 nitrogen and oxygen atoms in total. The number of aryl methyl sites for hydroxylation is 2. The third kappa shape index (κ3) is 9.00. The number of thiazole rings is 2. The highest BCUT2D eigenvalue weighted by atomic mass is 32.2. The molecule has 0 saturated heterocycles. The van der Waals surface area contributed by atoms with E-state index >= 15 is 0 Å². The molecule has 49 heavy (non-hydrogen) atoms. The van der Waals surface area contributed by atoms with Gasteiger partial charge in [0.2, 0.25) is 11.8 Å². The zero-order valence-electron chi connectivity index (χ0n) is 28.6. The van der Waals surface area contributed by atoms with E-state index in [1.54, 1.807) is 23.1 Å². The van der Waals surface area contributed by atoms with Gasteiger partial charge in [-0.25, -0.2) is 9.97 Å². The lowest BCUT2D eigenvalue weighted by Gasteiger charge is -2.32. The molecule has 4 aromatic rings. The fourth-order valence-corrected chi connectivity index (χ4v) is 9.40. The number of thiol groups is 1. The van der Waals surface area contributed by atoms with Gasteiger partial charge < -0.3 is 22.3 Å². The summed E-state index contributed by atoms with van der Waals surface area (Å²) >= 11 is 8.47. The molecule has 0 saturated carbocycles. The Hall–Kier alpha value is -3.06. The second-order valence-corrected chi connectivity index (χ2v) is 16.9. The maximum absolute atomic E-state index is 11.3. The SMILES string of the molecule is CC1(C)CCCc2cc3sc(C#N)nc3cc21.CC1(C)CCCc2cc3sc(C4=N[C@@H](C(N)=O)CS4)nc3cc21.CO.NC(=O)[C@H](N)CS. The number of nitriles is 1. The smallest absolute Gasteiger partial charge is 0.243 e. The molecule has 7 rings (SSSR count). The number of aliphatic hydroxyl groups excluding tert-OH is 1. The van der Waals surface area contributed by atoms with Crippen LogP contribution >= 0.6 is 47.1 Å². The molecule has 0 fully saturated rings. The van der Waals surface area contributed by atoms with Gasteiger partial charge >= 0.3 is 0 Å². The lowest BCUT2D eigenvalue weighted by molar-refractivity contribution is -0.119. The van der Waals surface area contributed by atoms with Crippen LogP contribution in [0.1, 0.15) is 85.6 Å². The number of benzene rings is 2. The average molecular weight is 740 g/mol. The fraction of sp³-hybridized carbons (Fsp3) is 0.486. The molecule has 3 aliphatic rings. The third-order valence-electron chi connectivity index (χ3n) is 9.00. The monoisotopic (exact) mass is 739 g/mol. The van der Waals surface area contributed by atoms with Gasteiger partial charge in [-0.2, -0.15) is 17.9 Å². The van der Waals surface area contributed by atoms with Crippen LogP contribution in [-0.4, -0.2) is 62.6 Å². The topological polar surface area (TPSA) is 194 Å². The van der Waals surface area contributed by atoms with Gasteiger partial charge in [-0.3, -0.25) is 14.6 Å². The molecule has 3 heterocycles. The van der Waals surface area contributed by atoms with Crippen molar-refractivity contribution in [1.82, 2.24) is 9.97 Å². The molecule has 0 unspecified atom stereocenters. The minimum Gasteiger partial charge on any atom is -0.400 e. The van der Waals surface area contributed by atoms with Crippen molar-refractivity contribution in [3.05, 3.63) is 56.5 Å². The Balaban J connectivity index is 0.000000183. The van der Waals surface area contributed by atoms with Crippen LogP contribution in [0.5, 0.6) is 0 Å². The minimum atomic E-state index is -0.594. The predicted octanol–water partition coefficient (Wildman–Crippen LogP) is 5.38. The number of aliphatic imine (C=N–C) groups is 1. The summed E-state index contributed by atoms with van der Waals surface area (Å²) in [6.07, 6.45) is 7.29. The van der Waals surface area contributed by atoms with Crippen LogP contribution in [0.25, 0.3) is 20.4 Å². The summed E-state index contributed by atoms with van der Waals surface area (Å²) < 4.78 is 2.36. The van der Waals surface area contributed by atoms with Crippen molar-refractivity contribution >= 4 is 84.4 Å². The highest BCUT2D eigenvalue weighted by molar-refractivity contribution is 8.15. The van der Waals surface area contributed by atoms with Crippen molar-refractivity contribution in [2.24, 2.45) is 22.2 Å². The lowest BCUT2D eigenvalue weighted by Crippen LogP contribution is -2.37. The molecule has 2 amide bonds. The zero-order chi connectivity index (χ0) is 36.1. The third-order valence-corrected chi connectivity index (χ3v) is 12.5. The number of primary amides is 2. The van der Waals surface area contributed by atoms with Crippen LogP contribution in [0.3, 0.4) is 0 Å². The van der Waals surface area contributed by atoms with Crippen molar-refractivity contribution in [1.29, 1.82) is 5.26 Å². The number of rotatable bonds is 4. The number of aromatic nitrogens is 2.